The van der Waals surface area contributed by atoms with E-state index in [0.29, 0.717) is 0 Å². The zero-order valence-corrected chi connectivity index (χ0v) is 7.61. The van der Waals surface area contributed by atoms with Crippen molar-refractivity contribution in [3.63, 3.8) is 0 Å². The van der Waals surface area contributed by atoms with Crippen molar-refractivity contribution >= 4 is 5.91 Å². The molecule has 78 valence electrons. The Kier molecular flexibility index (Phi) is 4.19. The molecule has 0 radical (unpaired) electrons. The highest BCUT2D eigenvalue weighted by molar-refractivity contribution is 5.81. The SMILES string of the molecule is COC(C)C(C)NC(=O)C(F)(F)F. The predicted molar refractivity (Wildman–Crippen MR) is 40.1 cm³/mol. The number of hydrogen-bond donors (Lipinski definition) is 1. The molecular formula is C7H12F3NO2. The van der Waals surface area contributed by atoms with Crippen molar-refractivity contribution in [3.8, 4) is 0 Å². The minimum absolute atomic E-state index is 0.452. The van der Waals surface area contributed by atoms with E-state index in [4.69, 9.17) is 4.74 Å². The van der Waals surface area contributed by atoms with Crippen LogP contribution in [0.1, 0.15) is 13.8 Å². The summed E-state index contributed by atoms with van der Waals surface area (Å²) in [6, 6.07) is -0.667. The Balaban J connectivity index is 4.07. The molecule has 0 aliphatic heterocycles. The van der Waals surface area contributed by atoms with Crippen LogP contribution >= 0.6 is 0 Å². The lowest BCUT2D eigenvalue weighted by Gasteiger charge is -2.20. The van der Waals surface area contributed by atoms with Crippen molar-refractivity contribution in [1.29, 1.82) is 0 Å². The number of methoxy groups -OCH3 is 1. The molecule has 0 saturated heterocycles. The molecule has 0 saturated carbocycles. The first kappa shape index (κ1) is 12.2. The average molecular weight is 199 g/mol. The van der Waals surface area contributed by atoms with Crippen LogP contribution < -0.4 is 5.32 Å². The molecule has 0 aliphatic carbocycles. The number of ether oxygens (including phenoxy) is 1. The minimum Gasteiger partial charge on any atom is -0.380 e. The summed E-state index contributed by atoms with van der Waals surface area (Å²) in [6.07, 6.45) is -5.28. The third kappa shape index (κ3) is 4.12. The molecule has 0 heterocycles. The second-order valence-electron chi connectivity index (χ2n) is 2.70. The number of amides is 1. The number of halogens is 3. The van der Waals surface area contributed by atoms with Crippen molar-refractivity contribution in [2.45, 2.75) is 32.2 Å². The van der Waals surface area contributed by atoms with Crippen LogP contribution in [0, 0.1) is 0 Å². The normalized spacial score (nSPS) is 16.5. The zero-order valence-electron chi connectivity index (χ0n) is 7.61. The first-order valence-corrected chi connectivity index (χ1v) is 3.69. The summed E-state index contributed by atoms with van der Waals surface area (Å²) in [5, 5.41) is 1.78. The molecule has 0 spiro atoms. The number of nitrogens with one attached hydrogen (secondary N) is 1. The molecule has 0 rings (SSSR count). The van der Waals surface area contributed by atoms with Crippen LogP contribution in [-0.4, -0.2) is 31.3 Å². The molecule has 0 aromatic carbocycles. The standard InChI is InChI=1S/C7H12F3NO2/c1-4(5(2)13-3)11-6(12)7(8,9)10/h4-5H,1-3H3,(H,11,12). The fraction of sp³-hybridized carbons (Fsp3) is 0.857. The van der Waals surface area contributed by atoms with E-state index in [-0.39, 0.29) is 0 Å². The smallest absolute Gasteiger partial charge is 0.380 e. The van der Waals surface area contributed by atoms with E-state index in [9.17, 15) is 18.0 Å². The average Bonchev–Trinajstić information content (AvgIpc) is 2.01. The van der Waals surface area contributed by atoms with Gasteiger partial charge in [-0.3, -0.25) is 4.79 Å². The van der Waals surface area contributed by atoms with Crippen LogP contribution in [0.2, 0.25) is 0 Å². The van der Waals surface area contributed by atoms with E-state index in [1.807, 2.05) is 0 Å². The lowest BCUT2D eigenvalue weighted by molar-refractivity contribution is -0.175. The van der Waals surface area contributed by atoms with Gasteiger partial charge in [-0.05, 0) is 13.8 Å². The van der Waals surface area contributed by atoms with E-state index >= 15 is 0 Å². The summed E-state index contributed by atoms with van der Waals surface area (Å²) >= 11 is 0. The largest absolute Gasteiger partial charge is 0.471 e. The van der Waals surface area contributed by atoms with Gasteiger partial charge >= 0.3 is 12.1 Å². The Morgan fingerprint density at radius 2 is 1.85 bits per heavy atom. The van der Waals surface area contributed by atoms with Crippen molar-refractivity contribution in [2.24, 2.45) is 0 Å². The van der Waals surface area contributed by atoms with Gasteiger partial charge in [0.05, 0.1) is 12.1 Å². The van der Waals surface area contributed by atoms with Gasteiger partial charge in [0.15, 0.2) is 0 Å². The van der Waals surface area contributed by atoms with E-state index in [1.54, 1.807) is 12.2 Å². The van der Waals surface area contributed by atoms with Crippen LogP contribution in [0.15, 0.2) is 0 Å². The van der Waals surface area contributed by atoms with Gasteiger partial charge in [-0.15, -0.1) is 0 Å². The third-order valence-corrected chi connectivity index (χ3v) is 1.69. The molecule has 0 aromatic heterocycles. The molecule has 2 atom stereocenters. The van der Waals surface area contributed by atoms with Crippen LogP contribution in [-0.2, 0) is 9.53 Å². The first-order chi connectivity index (χ1) is 5.79. The Labute approximate surface area is 74.3 Å². The predicted octanol–water partition coefficient (Wildman–Crippen LogP) is 1.09. The maximum absolute atomic E-state index is 11.7. The van der Waals surface area contributed by atoms with Gasteiger partial charge in [-0.25, -0.2) is 0 Å². The van der Waals surface area contributed by atoms with Crippen molar-refractivity contribution in [1.82, 2.24) is 5.32 Å². The van der Waals surface area contributed by atoms with Gasteiger partial charge in [0.2, 0.25) is 0 Å². The maximum atomic E-state index is 11.7. The monoisotopic (exact) mass is 199 g/mol. The van der Waals surface area contributed by atoms with Gasteiger partial charge < -0.3 is 10.1 Å². The molecule has 1 N–H and O–H groups in total. The summed E-state index contributed by atoms with van der Waals surface area (Å²) in [5.74, 6) is -1.94. The van der Waals surface area contributed by atoms with Crippen molar-refractivity contribution in [2.75, 3.05) is 7.11 Å². The molecule has 1 amide bonds. The van der Waals surface area contributed by atoms with Gasteiger partial charge in [0.25, 0.3) is 0 Å². The van der Waals surface area contributed by atoms with Crippen LogP contribution in [0.25, 0.3) is 0 Å². The van der Waals surface area contributed by atoms with E-state index < -0.39 is 24.2 Å². The Morgan fingerprint density at radius 3 is 2.15 bits per heavy atom. The zero-order chi connectivity index (χ0) is 10.6. The Morgan fingerprint density at radius 1 is 1.38 bits per heavy atom. The molecule has 13 heavy (non-hydrogen) atoms. The van der Waals surface area contributed by atoms with Gasteiger partial charge in [0.1, 0.15) is 0 Å². The number of hydrogen-bond acceptors (Lipinski definition) is 2. The minimum atomic E-state index is -4.83. The van der Waals surface area contributed by atoms with Crippen molar-refractivity contribution < 1.29 is 22.7 Å². The quantitative estimate of drug-likeness (QED) is 0.738. The van der Waals surface area contributed by atoms with Crippen LogP contribution in [0.3, 0.4) is 0 Å². The van der Waals surface area contributed by atoms with E-state index in [2.05, 4.69) is 0 Å². The van der Waals surface area contributed by atoms with Crippen molar-refractivity contribution in [3.05, 3.63) is 0 Å². The summed E-state index contributed by atoms with van der Waals surface area (Å²) in [6.45, 7) is 3.01. The fourth-order valence-electron chi connectivity index (χ4n) is 0.610. The molecule has 0 fully saturated rings. The molecule has 0 aromatic rings. The number of carbonyl (C=O) groups excluding carboxylic acids is 1. The fourth-order valence-corrected chi connectivity index (χ4v) is 0.610. The third-order valence-electron chi connectivity index (χ3n) is 1.69. The van der Waals surface area contributed by atoms with E-state index in [1.165, 1.54) is 14.0 Å². The molecule has 2 unspecified atom stereocenters. The maximum Gasteiger partial charge on any atom is 0.471 e. The highest BCUT2D eigenvalue weighted by atomic mass is 19.4. The van der Waals surface area contributed by atoms with Gasteiger partial charge in [-0.1, -0.05) is 0 Å². The number of rotatable bonds is 3. The number of carbonyl (C=O) groups is 1. The molecule has 6 heteroatoms. The molecule has 3 nitrogen and oxygen atoms in total. The first-order valence-electron chi connectivity index (χ1n) is 3.69. The lowest BCUT2D eigenvalue weighted by atomic mass is 10.2. The molecular weight excluding hydrogens is 187 g/mol. The van der Waals surface area contributed by atoms with Crippen LogP contribution in [0.5, 0.6) is 0 Å². The number of alkyl halides is 3. The van der Waals surface area contributed by atoms with E-state index in [0.717, 1.165) is 0 Å². The second kappa shape index (κ2) is 4.45. The highest BCUT2D eigenvalue weighted by Crippen LogP contribution is 2.14. The highest BCUT2D eigenvalue weighted by Gasteiger charge is 2.39. The summed E-state index contributed by atoms with van der Waals surface area (Å²) in [7, 11) is 1.36. The topological polar surface area (TPSA) is 38.3 Å². The summed E-state index contributed by atoms with van der Waals surface area (Å²) in [4.78, 5) is 10.4. The van der Waals surface area contributed by atoms with Crippen LogP contribution in [0.4, 0.5) is 13.2 Å². The summed E-state index contributed by atoms with van der Waals surface area (Å²) in [5.41, 5.74) is 0. The molecule has 0 bridgehead atoms. The van der Waals surface area contributed by atoms with Gasteiger partial charge in [-0.2, -0.15) is 13.2 Å². The summed E-state index contributed by atoms with van der Waals surface area (Å²) < 4.78 is 39.9. The second-order valence-corrected chi connectivity index (χ2v) is 2.70. The Bertz CT molecular complexity index is 181. The Hall–Kier alpha value is -0.780. The van der Waals surface area contributed by atoms with Gasteiger partial charge in [0, 0.05) is 7.11 Å². The molecule has 0 aliphatic rings. The lowest BCUT2D eigenvalue weighted by Crippen LogP contribution is -2.46.